The second-order valence-corrected chi connectivity index (χ2v) is 3.21. The van der Waals surface area contributed by atoms with E-state index in [0.717, 1.165) is 30.6 Å². The van der Waals surface area contributed by atoms with E-state index in [9.17, 15) is 0 Å². The predicted octanol–water partition coefficient (Wildman–Crippen LogP) is 1.28. The Morgan fingerprint density at radius 3 is 3.07 bits per heavy atom. The summed E-state index contributed by atoms with van der Waals surface area (Å²) in [4.78, 5) is 8.34. The number of pyridine rings is 1. The second-order valence-electron chi connectivity index (χ2n) is 3.21. The van der Waals surface area contributed by atoms with E-state index in [-0.39, 0.29) is 6.54 Å². The highest BCUT2D eigenvalue weighted by Gasteiger charge is 2.00. The van der Waals surface area contributed by atoms with Crippen molar-refractivity contribution in [2.45, 2.75) is 19.4 Å². The maximum absolute atomic E-state index is 8.67. The van der Waals surface area contributed by atoms with E-state index in [1.54, 1.807) is 12.5 Å². The highest BCUT2D eigenvalue weighted by Crippen LogP contribution is 2.09. The summed E-state index contributed by atoms with van der Waals surface area (Å²) < 4.78 is 2.07. The standard InChI is InChI=1S/C10H12N4/c11-5-1-2-7-14-8-13-10-9(14)4-3-6-12-10/h3-4,6,8H,1-2,5,7H2. The summed E-state index contributed by atoms with van der Waals surface area (Å²) in [7, 11) is 0. The van der Waals surface area contributed by atoms with Crippen LogP contribution >= 0.6 is 0 Å². The Labute approximate surface area is 82.8 Å². The van der Waals surface area contributed by atoms with E-state index in [4.69, 9.17) is 5.73 Å². The van der Waals surface area contributed by atoms with Crippen LogP contribution in [0.25, 0.3) is 11.2 Å². The van der Waals surface area contributed by atoms with Gasteiger partial charge in [-0.15, -0.1) is 5.73 Å². The zero-order valence-corrected chi connectivity index (χ0v) is 7.93. The number of fused-ring (bicyclic) bond motifs is 1. The highest BCUT2D eigenvalue weighted by atomic mass is 15.1. The maximum atomic E-state index is 8.67. The summed E-state index contributed by atoms with van der Waals surface area (Å²) in [6.07, 6.45) is 5.35. The first-order chi connectivity index (χ1) is 6.92. The van der Waals surface area contributed by atoms with Crippen molar-refractivity contribution in [3.8, 4) is 0 Å². The molecule has 0 amide bonds. The first-order valence-electron chi connectivity index (χ1n) is 4.78. The number of aromatic nitrogens is 3. The molecular formula is C10H12N4. The molecule has 0 saturated heterocycles. The Morgan fingerprint density at radius 1 is 1.29 bits per heavy atom. The summed E-state index contributed by atoms with van der Waals surface area (Å²) in [6.45, 7) is 1.15. The smallest absolute Gasteiger partial charge is 0.177 e. The van der Waals surface area contributed by atoms with Crippen molar-refractivity contribution in [3.63, 3.8) is 0 Å². The minimum absolute atomic E-state index is 0.255. The number of nitrogens with zero attached hydrogens (tertiary/aromatic N) is 4. The van der Waals surface area contributed by atoms with Crippen molar-refractivity contribution in [3.05, 3.63) is 24.7 Å². The third-order valence-corrected chi connectivity index (χ3v) is 2.20. The fourth-order valence-electron chi connectivity index (χ4n) is 1.47. The molecular weight excluding hydrogens is 176 g/mol. The van der Waals surface area contributed by atoms with Crippen LogP contribution in [0.4, 0.5) is 0 Å². The molecule has 2 heterocycles. The molecule has 0 spiro atoms. The molecule has 0 aliphatic rings. The lowest BCUT2D eigenvalue weighted by atomic mass is 10.3. The summed E-state index contributed by atoms with van der Waals surface area (Å²) in [5.74, 6) is 0. The molecule has 0 fully saturated rings. The molecule has 0 aromatic carbocycles. The van der Waals surface area contributed by atoms with Gasteiger partial charge in [0.1, 0.15) is 0 Å². The van der Waals surface area contributed by atoms with Crippen LogP contribution in [0.1, 0.15) is 12.8 Å². The summed E-state index contributed by atoms with van der Waals surface area (Å²) >= 11 is 0. The molecule has 0 aliphatic heterocycles. The van der Waals surface area contributed by atoms with Gasteiger partial charge in [0.05, 0.1) is 11.8 Å². The van der Waals surface area contributed by atoms with Crippen molar-refractivity contribution >= 4 is 11.2 Å². The Hall–Kier alpha value is -1.42. The fourth-order valence-corrected chi connectivity index (χ4v) is 1.47. The Morgan fingerprint density at radius 2 is 2.21 bits per heavy atom. The molecule has 2 aromatic rings. The second kappa shape index (κ2) is 4.19. The Kier molecular flexibility index (Phi) is 2.74. The molecule has 0 atom stereocenters. The fraction of sp³-hybridized carbons (Fsp3) is 0.400. The van der Waals surface area contributed by atoms with E-state index < -0.39 is 0 Å². The SMILES string of the molecule is [N]CCCCn1cnc2ncccc21. The number of unbranched alkanes of at least 4 members (excludes halogenated alkanes) is 1. The highest BCUT2D eigenvalue weighted by molar-refractivity contribution is 5.70. The Balaban J connectivity index is 2.17. The zero-order chi connectivity index (χ0) is 9.80. The van der Waals surface area contributed by atoms with Crippen LogP contribution < -0.4 is 5.73 Å². The van der Waals surface area contributed by atoms with E-state index in [1.807, 2.05) is 12.1 Å². The third-order valence-electron chi connectivity index (χ3n) is 2.20. The molecule has 0 unspecified atom stereocenters. The van der Waals surface area contributed by atoms with Gasteiger partial charge in [0.15, 0.2) is 5.65 Å². The van der Waals surface area contributed by atoms with Gasteiger partial charge < -0.3 is 4.57 Å². The summed E-state index contributed by atoms with van der Waals surface area (Å²) in [5, 5.41) is 0. The molecule has 14 heavy (non-hydrogen) atoms. The molecule has 4 heteroatoms. The van der Waals surface area contributed by atoms with Crippen LogP contribution in [-0.4, -0.2) is 21.1 Å². The van der Waals surface area contributed by atoms with Crippen LogP contribution in [0.2, 0.25) is 0 Å². The van der Waals surface area contributed by atoms with E-state index in [1.165, 1.54) is 0 Å². The van der Waals surface area contributed by atoms with Crippen molar-refractivity contribution in [2.75, 3.05) is 6.54 Å². The molecule has 4 nitrogen and oxygen atoms in total. The largest absolute Gasteiger partial charge is 0.329 e. The van der Waals surface area contributed by atoms with Crippen molar-refractivity contribution in [1.29, 1.82) is 0 Å². The molecule has 2 aromatic heterocycles. The predicted molar refractivity (Wildman–Crippen MR) is 53.8 cm³/mol. The van der Waals surface area contributed by atoms with Gasteiger partial charge in [-0.05, 0) is 25.0 Å². The van der Waals surface area contributed by atoms with Gasteiger partial charge in [0.2, 0.25) is 0 Å². The first kappa shape index (κ1) is 9.15. The summed E-state index contributed by atoms with van der Waals surface area (Å²) in [5.41, 5.74) is 10.5. The number of rotatable bonds is 4. The van der Waals surface area contributed by atoms with Crippen LogP contribution in [0, 0.1) is 0 Å². The maximum Gasteiger partial charge on any atom is 0.177 e. The van der Waals surface area contributed by atoms with Gasteiger partial charge in [-0.2, -0.15) is 0 Å². The normalized spacial score (nSPS) is 10.9. The van der Waals surface area contributed by atoms with Gasteiger partial charge >= 0.3 is 0 Å². The lowest BCUT2D eigenvalue weighted by Gasteiger charge is -2.01. The van der Waals surface area contributed by atoms with Crippen LogP contribution in [0.5, 0.6) is 0 Å². The lowest BCUT2D eigenvalue weighted by molar-refractivity contribution is 0.623. The van der Waals surface area contributed by atoms with Gasteiger partial charge in [-0.3, -0.25) is 0 Å². The third kappa shape index (κ3) is 1.75. The minimum atomic E-state index is 0.255. The molecule has 0 saturated carbocycles. The summed E-state index contributed by atoms with van der Waals surface area (Å²) in [6, 6.07) is 3.92. The molecule has 72 valence electrons. The lowest BCUT2D eigenvalue weighted by Crippen LogP contribution is -1.97. The first-order valence-corrected chi connectivity index (χ1v) is 4.78. The molecule has 0 aliphatic carbocycles. The number of hydrogen-bond donors (Lipinski definition) is 0. The van der Waals surface area contributed by atoms with Crippen molar-refractivity contribution in [1.82, 2.24) is 20.3 Å². The van der Waals surface area contributed by atoms with Gasteiger partial charge in [-0.1, -0.05) is 0 Å². The molecule has 2 rings (SSSR count). The molecule has 0 N–H and O–H groups in total. The van der Waals surface area contributed by atoms with E-state index >= 15 is 0 Å². The number of hydrogen-bond acceptors (Lipinski definition) is 2. The van der Waals surface area contributed by atoms with Crippen LogP contribution in [0.15, 0.2) is 24.7 Å². The minimum Gasteiger partial charge on any atom is -0.329 e. The van der Waals surface area contributed by atoms with Gasteiger partial charge in [0.25, 0.3) is 0 Å². The van der Waals surface area contributed by atoms with Gasteiger partial charge in [-0.25, -0.2) is 9.97 Å². The van der Waals surface area contributed by atoms with Crippen molar-refractivity contribution < 1.29 is 0 Å². The quantitative estimate of drug-likeness (QED) is 0.679. The molecule has 0 bridgehead atoms. The average molecular weight is 188 g/mol. The number of imidazole rings is 1. The average Bonchev–Trinajstić information content (AvgIpc) is 2.63. The monoisotopic (exact) mass is 188 g/mol. The van der Waals surface area contributed by atoms with E-state index in [0.29, 0.717) is 0 Å². The zero-order valence-electron chi connectivity index (χ0n) is 7.93. The Bertz CT molecular complexity index is 407. The van der Waals surface area contributed by atoms with Crippen LogP contribution in [0.3, 0.4) is 0 Å². The molecule has 2 radical (unpaired) electrons. The topological polar surface area (TPSA) is 53.0 Å². The van der Waals surface area contributed by atoms with Crippen LogP contribution in [-0.2, 0) is 6.54 Å². The van der Waals surface area contributed by atoms with Gasteiger partial charge in [0, 0.05) is 19.3 Å². The number of aryl methyl sites for hydroxylation is 1. The van der Waals surface area contributed by atoms with Crippen molar-refractivity contribution in [2.24, 2.45) is 0 Å². The van der Waals surface area contributed by atoms with E-state index in [2.05, 4.69) is 14.5 Å².